The third-order valence-corrected chi connectivity index (χ3v) is 5.79. The first kappa shape index (κ1) is 16.7. The largest absolute Gasteiger partial charge is 0.314 e. The molecule has 1 aliphatic rings. The summed E-state index contributed by atoms with van der Waals surface area (Å²) in [5.41, 5.74) is 2.46. The third-order valence-electron chi connectivity index (χ3n) is 4.44. The van der Waals surface area contributed by atoms with E-state index in [-0.39, 0.29) is 0 Å². The molecule has 3 heteroatoms. The standard InChI is InChI=1S/C18H29NOS/c1-3-11-19-18-9-5-8-17(18)10-12-21(20)14-16-7-4-6-15(2)13-16/h4,6-7,13,17-19H,3,5,8-12,14H2,1-2H3. The van der Waals surface area contributed by atoms with E-state index in [1.54, 1.807) is 0 Å². The summed E-state index contributed by atoms with van der Waals surface area (Å²) in [5.74, 6) is 2.29. The van der Waals surface area contributed by atoms with Crippen molar-refractivity contribution in [1.29, 1.82) is 0 Å². The van der Waals surface area contributed by atoms with Crippen molar-refractivity contribution in [2.24, 2.45) is 5.92 Å². The van der Waals surface area contributed by atoms with Crippen LogP contribution in [-0.4, -0.2) is 22.5 Å². The predicted molar refractivity (Wildman–Crippen MR) is 91.9 cm³/mol. The molecule has 0 radical (unpaired) electrons. The second-order valence-electron chi connectivity index (χ2n) is 6.32. The molecule has 0 spiro atoms. The van der Waals surface area contributed by atoms with Crippen LogP contribution in [-0.2, 0) is 16.6 Å². The molecule has 21 heavy (non-hydrogen) atoms. The molecule has 1 saturated carbocycles. The summed E-state index contributed by atoms with van der Waals surface area (Å²) < 4.78 is 12.3. The Morgan fingerprint density at radius 3 is 2.95 bits per heavy atom. The van der Waals surface area contributed by atoms with Gasteiger partial charge in [-0.2, -0.15) is 0 Å². The van der Waals surface area contributed by atoms with Crippen LogP contribution in [0.3, 0.4) is 0 Å². The van der Waals surface area contributed by atoms with Crippen LogP contribution in [0.2, 0.25) is 0 Å². The smallest absolute Gasteiger partial charge is 0.0485 e. The van der Waals surface area contributed by atoms with Crippen molar-refractivity contribution in [3.63, 3.8) is 0 Å². The van der Waals surface area contributed by atoms with Crippen molar-refractivity contribution in [3.8, 4) is 0 Å². The van der Waals surface area contributed by atoms with E-state index in [0.717, 1.165) is 24.6 Å². The molecule has 3 atom stereocenters. The first-order chi connectivity index (χ1) is 10.2. The molecule has 0 aliphatic heterocycles. The summed E-state index contributed by atoms with van der Waals surface area (Å²) in [6.45, 7) is 5.43. The molecular weight excluding hydrogens is 278 g/mol. The molecule has 0 bridgehead atoms. The van der Waals surface area contributed by atoms with Crippen LogP contribution in [0.1, 0.15) is 50.2 Å². The van der Waals surface area contributed by atoms with Crippen molar-refractivity contribution in [2.45, 2.75) is 57.7 Å². The van der Waals surface area contributed by atoms with Crippen molar-refractivity contribution in [3.05, 3.63) is 35.4 Å². The molecule has 1 fully saturated rings. The van der Waals surface area contributed by atoms with Crippen molar-refractivity contribution >= 4 is 10.8 Å². The van der Waals surface area contributed by atoms with Crippen molar-refractivity contribution in [1.82, 2.24) is 5.32 Å². The lowest BCUT2D eigenvalue weighted by Gasteiger charge is -2.20. The highest BCUT2D eigenvalue weighted by atomic mass is 32.2. The zero-order valence-electron chi connectivity index (χ0n) is 13.4. The fourth-order valence-corrected chi connectivity index (χ4v) is 4.58. The number of hydrogen-bond acceptors (Lipinski definition) is 2. The van der Waals surface area contributed by atoms with E-state index in [4.69, 9.17) is 0 Å². The van der Waals surface area contributed by atoms with Gasteiger partial charge in [-0.15, -0.1) is 0 Å². The quantitative estimate of drug-likeness (QED) is 0.791. The van der Waals surface area contributed by atoms with Gasteiger partial charge in [-0.3, -0.25) is 4.21 Å². The zero-order chi connectivity index (χ0) is 15.1. The maximum Gasteiger partial charge on any atom is 0.0485 e. The Balaban J connectivity index is 1.75. The van der Waals surface area contributed by atoms with E-state index in [1.807, 2.05) is 0 Å². The Labute approximate surface area is 132 Å². The van der Waals surface area contributed by atoms with E-state index < -0.39 is 10.8 Å². The topological polar surface area (TPSA) is 29.1 Å². The summed E-state index contributed by atoms with van der Waals surface area (Å²) in [7, 11) is -0.724. The highest BCUT2D eigenvalue weighted by molar-refractivity contribution is 7.84. The molecule has 0 heterocycles. The van der Waals surface area contributed by atoms with Gasteiger partial charge in [0.1, 0.15) is 0 Å². The fourth-order valence-electron chi connectivity index (χ4n) is 3.32. The first-order valence-corrected chi connectivity index (χ1v) is 9.81. The van der Waals surface area contributed by atoms with Gasteiger partial charge in [0.05, 0.1) is 0 Å². The normalized spacial score (nSPS) is 23.3. The molecule has 2 nitrogen and oxygen atoms in total. The Morgan fingerprint density at radius 1 is 1.33 bits per heavy atom. The monoisotopic (exact) mass is 307 g/mol. The van der Waals surface area contributed by atoms with Crippen LogP contribution in [0.5, 0.6) is 0 Å². The van der Waals surface area contributed by atoms with E-state index in [0.29, 0.717) is 11.8 Å². The minimum atomic E-state index is -0.724. The second kappa shape index (κ2) is 8.70. The minimum Gasteiger partial charge on any atom is -0.314 e. The maximum atomic E-state index is 12.3. The number of aryl methyl sites for hydroxylation is 1. The van der Waals surface area contributed by atoms with Gasteiger partial charge in [0.15, 0.2) is 0 Å². The van der Waals surface area contributed by atoms with Crippen LogP contribution in [0.15, 0.2) is 24.3 Å². The average Bonchev–Trinajstić information content (AvgIpc) is 2.90. The van der Waals surface area contributed by atoms with Crippen LogP contribution < -0.4 is 5.32 Å². The first-order valence-electron chi connectivity index (χ1n) is 8.33. The maximum absolute atomic E-state index is 12.3. The van der Waals surface area contributed by atoms with E-state index in [9.17, 15) is 4.21 Å². The predicted octanol–water partition coefficient (Wildman–Crippen LogP) is 3.80. The molecule has 0 aromatic heterocycles. The van der Waals surface area contributed by atoms with Crippen molar-refractivity contribution < 1.29 is 4.21 Å². The van der Waals surface area contributed by atoms with Gasteiger partial charge >= 0.3 is 0 Å². The lowest BCUT2D eigenvalue weighted by atomic mass is 10.0. The average molecular weight is 308 g/mol. The van der Waals surface area contributed by atoms with E-state index in [1.165, 1.54) is 36.8 Å². The van der Waals surface area contributed by atoms with Crippen LogP contribution in [0.4, 0.5) is 0 Å². The van der Waals surface area contributed by atoms with Crippen LogP contribution in [0.25, 0.3) is 0 Å². The van der Waals surface area contributed by atoms with Gasteiger partial charge in [0, 0.05) is 28.3 Å². The number of hydrogen-bond donors (Lipinski definition) is 1. The number of nitrogens with one attached hydrogen (secondary N) is 1. The second-order valence-corrected chi connectivity index (χ2v) is 7.89. The van der Waals surface area contributed by atoms with Gasteiger partial charge < -0.3 is 5.32 Å². The highest BCUT2D eigenvalue weighted by Crippen LogP contribution is 2.28. The Morgan fingerprint density at radius 2 is 2.19 bits per heavy atom. The van der Waals surface area contributed by atoms with Gasteiger partial charge in [0.25, 0.3) is 0 Å². The van der Waals surface area contributed by atoms with Crippen LogP contribution in [0, 0.1) is 12.8 Å². The molecule has 118 valence electrons. The zero-order valence-corrected chi connectivity index (χ0v) is 14.3. The summed E-state index contributed by atoms with van der Waals surface area (Å²) in [6, 6.07) is 9.06. The molecule has 3 unspecified atom stereocenters. The molecule has 1 aromatic carbocycles. The molecule has 0 saturated heterocycles. The van der Waals surface area contributed by atoms with Gasteiger partial charge in [0.2, 0.25) is 0 Å². The third kappa shape index (κ3) is 5.55. The Bertz CT molecular complexity index is 460. The molecule has 0 amide bonds. The molecular formula is C18H29NOS. The Kier molecular flexibility index (Phi) is 6.91. The molecule has 1 aromatic rings. The van der Waals surface area contributed by atoms with Crippen molar-refractivity contribution in [2.75, 3.05) is 12.3 Å². The lowest BCUT2D eigenvalue weighted by Crippen LogP contribution is -2.33. The summed E-state index contributed by atoms with van der Waals surface area (Å²) in [4.78, 5) is 0. The molecule has 2 rings (SSSR count). The SMILES string of the molecule is CCCNC1CCCC1CCS(=O)Cc1cccc(C)c1. The summed E-state index contributed by atoms with van der Waals surface area (Å²) in [6.07, 6.45) is 6.25. The fraction of sp³-hybridized carbons (Fsp3) is 0.667. The van der Waals surface area contributed by atoms with Gasteiger partial charge in [-0.25, -0.2) is 0 Å². The van der Waals surface area contributed by atoms with E-state index >= 15 is 0 Å². The number of benzene rings is 1. The number of rotatable bonds is 8. The minimum absolute atomic E-state index is 0.668. The molecule has 1 aliphatic carbocycles. The Hall–Kier alpha value is -0.670. The summed E-state index contributed by atoms with van der Waals surface area (Å²) >= 11 is 0. The van der Waals surface area contributed by atoms with Gasteiger partial charge in [-0.1, -0.05) is 43.2 Å². The van der Waals surface area contributed by atoms with Gasteiger partial charge in [-0.05, 0) is 50.6 Å². The van der Waals surface area contributed by atoms with Crippen LogP contribution >= 0.6 is 0 Å². The van der Waals surface area contributed by atoms with E-state index in [2.05, 4.69) is 43.4 Å². The highest BCUT2D eigenvalue weighted by Gasteiger charge is 2.26. The molecule has 1 N–H and O–H groups in total. The summed E-state index contributed by atoms with van der Waals surface area (Å²) in [5, 5.41) is 3.66. The lowest BCUT2D eigenvalue weighted by molar-refractivity contribution is 0.393.